The molecule has 162 valence electrons. The van der Waals surface area contributed by atoms with Gasteiger partial charge in [0.1, 0.15) is 0 Å². The number of aliphatic hydroxyl groups is 1. The van der Waals surface area contributed by atoms with E-state index in [0.29, 0.717) is 0 Å². The monoisotopic (exact) mass is 428 g/mol. The van der Waals surface area contributed by atoms with Crippen LogP contribution in [0.3, 0.4) is 0 Å². The van der Waals surface area contributed by atoms with Gasteiger partial charge < -0.3 is 19.0 Å². The zero-order valence-electron chi connectivity index (χ0n) is 18.4. The SMILES string of the molecule is CC(=O)O[C@H]1[C@H](C)O[C@@H](O)C[C@@H]1O[Si](c1ccccc1)(c1ccccc1)C(C)(C)C. The number of hydrogen-bond acceptors (Lipinski definition) is 5. The Morgan fingerprint density at radius 2 is 1.53 bits per heavy atom. The van der Waals surface area contributed by atoms with E-state index in [2.05, 4.69) is 45.0 Å². The molecule has 0 bridgehead atoms. The molecule has 0 unspecified atom stereocenters. The van der Waals surface area contributed by atoms with E-state index in [9.17, 15) is 9.90 Å². The molecule has 1 saturated heterocycles. The van der Waals surface area contributed by atoms with Crippen molar-refractivity contribution in [1.29, 1.82) is 0 Å². The van der Waals surface area contributed by atoms with Crippen LogP contribution in [0.15, 0.2) is 60.7 Å². The van der Waals surface area contributed by atoms with E-state index < -0.39 is 32.9 Å². The first-order valence-corrected chi connectivity index (χ1v) is 12.4. The van der Waals surface area contributed by atoms with Crippen molar-refractivity contribution < 1.29 is 23.8 Å². The number of aliphatic hydroxyl groups excluding tert-OH is 1. The number of rotatable bonds is 5. The molecule has 0 amide bonds. The van der Waals surface area contributed by atoms with Crippen LogP contribution in [-0.4, -0.2) is 44.0 Å². The second-order valence-corrected chi connectivity index (χ2v) is 13.2. The van der Waals surface area contributed by atoms with Gasteiger partial charge in [-0.15, -0.1) is 0 Å². The largest absolute Gasteiger partial charge is 0.457 e. The molecule has 1 fully saturated rings. The first-order valence-electron chi connectivity index (χ1n) is 10.4. The van der Waals surface area contributed by atoms with Crippen LogP contribution in [-0.2, 0) is 18.7 Å². The molecule has 0 aliphatic carbocycles. The minimum absolute atomic E-state index is 0.219. The molecule has 1 aliphatic rings. The quantitative estimate of drug-likeness (QED) is 0.586. The lowest BCUT2D eigenvalue weighted by Gasteiger charge is -2.48. The Balaban J connectivity index is 2.15. The zero-order chi connectivity index (χ0) is 21.9. The molecule has 0 radical (unpaired) electrons. The average Bonchev–Trinajstić information content (AvgIpc) is 2.68. The molecular weight excluding hydrogens is 396 g/mol. The number of hydrogen-bond donors (Lipinski definition) is 1. The van der Waals surface area contributed by atoms with Crippen LogP contribution < -0.4 is 10.4 Å². The Kier molecular flexibility index (Phi) is 6.82. The summed E-state index contributed by atoms with van der Waals surface area (Å²) in [6.45, 7) is 9.77. The fourth-order valence-electron chi connectivity index (χ4n) is 4.41. The third-order valence-electron chi connectivity index (χ3n) is 5.68. The Bertz CT molecular complexity index is 794. The highest BCUT2D eigenvalue weighted by Gasteiger charge is 2.54. The van der Waals surface area contributed by atoms with Crippen molar-refractivity contribution in [1.82, 2.24) is 0 Å². The fourth-order valence-corrected chi connectivity index (χ4v) is 9.11. The van der Waals surface area contributed by atoms with Crippen molar-refractivity contribution in [2.75, 3.05) is 0 Å². The van der Waals surface area contributed by atoms with Gasteiger partial charge in [0.05, 0.1) is 12.2 Å². The second-order valence-electron chi connectivity index (χ2n) is 8.93. The van der Waals surface area contributed by atoms with Crippen molar-refractivity contribution in [2.45, 2.75) is 70.7 Å². The standard InChI is InChI=1S/C24H32O5Si/c1-17-23(28-18(2)25)21(16-22(26)27-17)29-30(24(3,4)5,19-12-8-6-9-13-19)20-14-10-7-11-15-20/h6-15,17,21-23,26H,16H2,1-5H3/t17-,21-,22+,23-/m0/s1. The lowest BCUT2D eigenvalue weighted by Crippen LogP contribution is -2.69. The first kappa shape index (κ1) is 22.7. The second kappa shape index (κ2) is 9.02. The Labute approximate surface area is 180 Å². The smallest absolute Gasteiger partial charge is 0.303 e. The highest BCUT2D eigenvalue weighted by Crippen LogP contribution is 2.39. The maximum Gasteiger partial charge on any atom is 0.303 e. The molecule has 0 aromatic heterocycles. The Hall–Kier alpha value is -1.99. The molecule has 6 heteroatoms. The van der Waals surface area contributed by atoms with Gasteiger partial charge in [-0.05, 0) is 22.3 Å². The van der Waals surface area contributed by atoms with Gasteiger partial charge >= 0.3 is 5.97 Å². The molecule has 2 aromatic carbocycles. The third-order valence-corrected chi connectivity index (χ3v) is 10.7. The number of esters is 1. The summed E-state index contributed by atoms with van der Waals surface area (Å²) in [6.07, 6.45) is -2.27. The van der Waals surface area contributed by atoms with Crippen LogP contribution in [0.25, 0.3) is 0 Å². The van der Waals surface area contributed by atoms with Crippen molar-refractivity contribution in [3.63, 3.8) is 0 Å². The van der Waals surface area contributed by atoms with E-state index in [1.54, 1.807) is 6.92 Å². The molecule has 2 aromatic rings. The predicted molar refractivity (Wildman–Crippen MR) is 119 cm³/mol. The topological polar surface area (TPSA) is 65.0 Å². The van der Waals surface area contributed by atoms with Crippen LogP contribution >= 0.6 is 0 Å². The van der Waals surface area contributed by atoms with Gasteiger partial charge in [-0.3, -0.25) is 4.79 Å². The van der Waals surface area contributed by atoms with E-state index in [-0.39, 0.29) is 17.4 Å². The van der Waals surface area contributed by atoms with Gasteiger partial charge in [-0.2, -0.15) is 0 Å². The van der Waals surface area contributed by atoms with Gasteiger partial charge in [0.15, 0.2) is 12.4 Å². The van der Waals surface area contributed by atoms with Crippen molar-refractivity contribution >= 4 is 24.7 Å². The van der Waals surface area contributed by atoms with Gasteiger partial charge in [0.25, 0.3) is 8.32 Å². The minimum atomic E-state index is -2.85. The average molecular weight is 429 g/mol. The van der Waals surface area contributed by atoms with Crippen LogP contribution in [0, 0.1) is 0 Å². The van der Waals surface area contributed by atoms with Gasteiger partial charge in [0.2, 0.25) is 0 Å². The minimum Gasteiger partial charge on any atom is -0.457 e. The van der Waals surface area contributed by atoms with Gasteiger partial charge in [-0.25, -0.2) is 0 Å². The van der Waals surface area contributed by atoms with Gasteiger partial charge in [-0.1, -0.05) is 81.4 Å². The number of ether oxygens (including phenoxy) is 2. The summed E-state index contributed by atoms with van der Waals surface area (Å²) in [5.74, 6) is -0.386. The van der Waals surface area contributed by atoms with Crippen LogP contribution in [0.5, 0.6) is 0 Å². The summed E-state index contributed by atoms with van der Waals surface area (Å²) in [4.78, 5) is 11.8. The van der Waals surface area contributed by atoms with Crippen molar-refractivity contribution in [3.8, 4) is 0 Å². The Morgan fingerprint density at radius 1 is 1.03 bits per heavy atom. The maximum atomic E-state index is 11.8. The molecule has 1 N–H and O–H groups in total. The third kappa shape index (κ3) is 4.52. The van der Waals surface area contributed by atoms with E-state index in [4.69, 9.17) is 13.9 Å². The highest BCUT2D eigenvalue weighted by atomic mass is 28.4. The zero-order valence-corrected chi connectivity index (χ0v) is 19.4. The van der Waals surface area contributed by atoms with E-state index in [0.717, 1.165) is 10.4 Å². The van der Waals surface area contributed by atoms with Crippen LogP contribution in [0.1, 0.15) is 41.0 Å². The molecule has 3 rings (SSSR count). The summed E-state index contributed by atoms with van der Waals surface area (Å²) >= 11 is 0. The van der Waals surface area contributed by atoms with Gasteiger partial charge in [0, 0.05) is 13.3 Å². The normalized spacial score (nSPS) is 25.0. The Morgan fingerprint density at radius 3 is 1.97 bits per heavy atom. The number of carbonyl (C=O) groups excluding carboxylic acids is 1. The summed E-state index contributed by atoms with van der Waals surface area (Å²) in [5, 5.41) is 12.4. The molecule has 1 heterocycles. The highest BCUT2D eigenvalue weighted by molar-refractivity contribution is 6.99. The predicted octanol–water partition coefficient (Wildman–Crippen LogP) is 2.99. The van der Waals surface area contributed by atoms with E-state index >= 15 is 0 Å². The van der Waals surface area contributed by atoms with E-state index in [1.807, 2.05) is 36.4 Å². The van der Waals surface area contributed by atoms with E-state index in [1.165, 1.54) is 6.92 Å². The van der Waals surface area contributed by atoms with Crippen LogP contribution in [0.4, 0.5) is 0 Å². The number of carbonyl (C=O) groups is 1. The lowest BCUT2D eigenvalue weighted by molar-refractivity contribution is -0.232. The maximum absolute atomic E-state index is 11.8. The molecular formula is C24H32O5Si. The summed E-state index contributed by atoms with van der Waals surface area (Å²) in [5.41, 5.74) is 0. The molecule has 4 atom stereocenters. The summed E-state index contributed by atoms with van der Waals surface area (Å²) in [6, 6.07) is 20.6. The summed E-state index contributed by atoms with van der Waals surface area (Å²) < 4.78 is 18.3. The van der Waals surface area contributed by atoms with Crippen molar-refractivity contribution in [3.05, 3.63) is 60.7 Å². The molecule has 0 spiro atoms. The first-order chi connectivity index (χ1) is 14.1. The number of benzene rings is 2. The molecule has 1 aliphatic heterocycles. The van der Waals surface area contributed by atoms with Crippen LogP contribution in [0.2, 0.25) is 5.04 Å². The van der Waals surface area contributed by atoms with Crippen molar-refractivity contribution in [2.24, 2.45) is 0 Å². The summed E-state index contributed by atoms with van der Waals surface area (Å²) in [7, 11) is -2.85. The lowest BCUT2D eigenvalue weighted by atomic mass is 10.0. The fraction of sp³-hybridized carbons (Fsp3) is 0.458. The molecule has 0 saturated carbocycles. The molecule has 30 heavy (non-hydrogen) atoms. The molecule has 5 nitrogen and oxygen atoms in total.